The summed E-state index contributed by atoms with van der Waals surface area (Å²) in [5.74, 6) is -2.96. The second-order valence-corrected chi connectivity index (χ2v) is 6.42. The van der Waals surface area contributed by atoms with Crippen molar-refractivity contribution in [2.75, 3.05) is 11.9 Å². The summed E-state index contributed by atoms with van der Waals surface area (Å²) in [5.41, 5.74) is -1.74. The van der Waals surface area contributed by atoms with Crippen LogP contribution in [-0.4, -0.2) is 43.2 Å². The van der Waals surface area contributed by atoms with Gasteiger partial charge in [-0.05, 0) is 37.8 Å². The predicted octanol–water partition coefficient (Wildman–Crippen LogP) is 3.04. The molecule has 1 aliphatic rings. The number of alkyl halides is 6. The standard InChI is InChI=1S/C14H15F6N5O/c15-13(16,17)8-2-1-5-12(26,6-8)7-21-9-3-4-10-22-23-11(14(18,19)20)25(10)24-9/h3-4,8,26H,1-2,5-7H2,(H,21,24). The molecule has 2 heterocycles. The molecule has 12 heteroatoms. The highest BCUT2D eigenvalue weighted by Crippen LogP contribution is 2.41. The van der Waals surface area contributed by atoms with Gasteiger partial charge in [0, 0.05) is 6.54 Å². The van der Waals surface area contributed by atoms with Crippen LogP contribution >= 0.6 is 0 Å². The zero-order valence-electron chi connectivity index (χ0n) is 13.3. The number of nitrogens with one attached hydrogen (secondary N) is 1. The number of aromatic nitrogens is 4. The van der Waals surface area contributed by atoms with Gasteiger partial charge in [-0.3, -0.25) is 0 Å². The van der Waals surface area contributed by atoms with Gasteiger partial charge in [-0.2, -0.15) is 30.9 Å². The van der Waals surface area contributed by atoms with Gasteiger partial charge in [0.25, 0.3) is 5.82 Å². The quantitative estimate of drug-likeness (QED) is 0.797. The van der Waals surface area contributed by atoms with Crippen molar-refractivity contribution in [1.82, 2.24) is 19.8 Å². The molecule has 0 radical (unpaired) electrons. The average molecular weight is 383 g/mol. The first kappa shape index (κ1) is 18.7. The Kier molecular flexibility index (Phi) is 4.49. The number of fused-ring (bicyclic) bond motifs is 1. The minimum absolute atomic E-state index is 0.0367. The van der Waals surface area contributed by atoms with E-state index in [0.29, 0.717) is 4.52 Å². The number of aliphatic hydroxyl groups is 1. The van der Waals surface area contributed by atoms with Crippen molar-refractivity contribution in [2.24, 2.45) is 5.92 Å². The maximum Gasteiger partial charge on any atom is 0.453 e. The highest BCUT2D eigenvalue weighted by molar-refractivity contribution is 5.44. The van der Waals surface area contributed by atoms with Crippen molar-refractivity contribution >= 4 is 11.5 Å². The second-order valence-electron chi connectivity index (χ2n) is 6.42. The van der Waals surface area contributed by atoms with Crippen molar-refractivity contribution in [1.29, 1.82) is 0 Å². The van der Waals surface area contributed by atoms with E-state index in [-0.39, 0.29) is 37.3 Å². The third-order valence-corrected chi connectivity index (χ3v) is 4.40. The lowest BCUT2D eigenvalue weighted by Gasteiger charge is -2.37. The van der Waals surface area contributed by atoms with Crippen LogP contribution in [0.1, 0.15) is 31.5 Å². The molecule has 1 saturated carbocycles. The summed E-state index contributed by atoms with van der Waals surface area (Å²) >= 11 is 0. The molecule has 26 heavy (non-hydrogen) atoms. The van der Waals surface area contributed by atoms with Crippen molar-refractivity contribution in [2.45, 2.75) is 43.6 Å². The fraction of sp³-hybridized carbons (Fsp3) is 0.643. The minimum Gasteiger partial charge on any atom is -0.388 e. The molecule has 1 fully saturated rings. The van der Waals surface area contributed by atoms with Gasteiger partial charge in [0.1, 0.15) is 5.82 Å². The van der Waals surface area contributed by atoms with E-state index in [2.05, 4.69) is 20.6 Å². The van der Waals surface area contributed by atoms with Gasteiger partial charge in [0.15, 0.2) is 5.65 Å². The van der Waals surface area contributed by atoms with Crippen LogP contribution in [0.5, 0.6) is 0 Å². The topological polar surface area (TPSA) is 75.3 Å². The molecule has 6 nitrogen and oxygen atoms in total. The SMILES string of the molecule is OC1(CNc2ccc3nnc(C(F)(F)F)n3n2)CCCC(C(F)(F)F)C1. The van der Waals surface area contributed by atoms with Gasteiger partial charge in [0.05, 0.1) is 11.5 Å². The van der Waals surface area contributed by atoms with Gasteiger partial charge in [-0.1, -0.05) is 0 Å². The van der Waals surface area contributed by atoms with E-state index in [1.54, 1.807) is 0 Å². The van der Waals surface area contributed by atoms with Gasteiger partial charge < -0.3 is 10.4 Å². The Morgan fingerprint density at radius 2 is 1.92 bits per heavy atom. The lowest BCUT2D eigenvalue weighted by atomic mass is 9.77. The first-order valence-electron chi connectivity index (χ1n) is 7.81. The highest BCUT2D eigenvalue weighted by atomic mass is 19.4. The lowest BCUT2D eigenvalue weighted by molar-refractivity contribution is -0.199. The van der Waals surface area contributed by atoms with Crippen LogP contribution in [0.15, 0.2) is 12.1 Å². The van der Waals surface area contributed by atoms with Gasteiger partial charge in [0.2, 0.25) is 0 Å². The first-order chi connectivity index (χ1) is 12.0. The molecular formula is C14H15F6N5O. The van der Waals surface area contributed by atoms with Crippen LogP contribution in [0.25, 0.3) is 5.65 Å². The van der Waals surface area contributed by atoms with Gasteiger partial charge in [-0.25, -0.2) is 0 Å². The normalized spacial score (nSPS) is 24.8. The van der Waals surface area contributed by atoms with Crippen LogP contribution < -0.4 is 5.32 Å². The van der Waals surface area contributed by atoms with E-state index in [9.17, 15) is 31.4 Å². The maximum atomic E-state index is 12.9. The summed E-state index contributed by atoms with van der Waals surface area (Å²) < 4.78 is 77.7. The first-order valence-corrected chi connectivity index (χ1v) is 7.81. The summed E-state index contributed by atoms with van der Waals surface area (Å²) in [6.07, 6.45) is -9.30. The number of rotatable bonds is 3. The molecular weight excluding hydrogens is 368 g/mol. The molecule has 2 aromatic heterocycles. The fourth-order valence-corrected chi connectivity index (χ4v) is 3.10. The summed E-state index contributed by atoms with van der Waals surface area (Å²) in [7, 11) is 0. The molecule has 1 aliphatic carbocycles. The number of hydrogen-bond donors (Lipinski definition) is 2. The van der Waals surface area contributed by atoms with Crippen molar-refractivity contribution in [3.63, 3.8) is 0 Å². The van der Waals surface area contributed by atoms with E-state index in [1.165, 1.54) is 12.1 Å². The zero-order valence-corrected chi connectivity index (χ0v) is 13.3. The Balaban J connectivity index is 1.75. The molecule has 0 bridgehead atoms. The summed E-state index contributed by atoms with van der Waals surface area (Å²) in [6, 6.07) is 2.55. The minimum atomic E-state index is -4.76. The molecule has 0 amide bonds. The number of nitrogens with zero attached hydrogens (tertiary/aromatic N) is 4. The number of halogens is 6. The Morgan fingerprint density at radius 3 is 2.58 bits per heavy atom. The maximum absolute atomic E-state index is 12.9. The second kappa shape index (κ2) is 6.25. The van der Waals surface area contributed by atoms with Gasteiger partial charge >= 0.3 is 12.4 Å². The van der Waals surface area contributed by atoms with E-state index < -0.39 is 36.1 Å². The van der Waals surface area contributed by atoms with Crippen LogP contribution in [0.4, 0.5) is 32.2 Å². The Labute approximate surface area is 143 Å². The molecule has 144 valence electrons. The Hall–Kier alpha value is -2.11. The van der Waals surface area contributed by atoms with Crippen molar-refractivity contribution in [3.05, 3.63) is 18.0 Å². The molecule has 0 aromatic carbocycles. The highest BCUT2D eigenvalue weighted by Gasteiger charge is 2.47. The molecule has 2 atom stereocenters. The largest absolute Gasteiger partial charge is 0.453 e. The smallest absolute Gasteiger partial charge is 0.388 e. The molecule has 2 unspecified atom stereocenters. The molecule has 0 spiro atoms. The van der Waals surface area contributed by atoms with E-state index in [1.807, 2.05) is 0 Å². The third-order valence-electron chi connectivity index (χ3n) is 4.40. The fourth-order valence-electron chi connectivity index (χ4n) is 3.10. The molecule has 0 saturated heterocycles. The van der Waals surface area contributed by atoms with Crippen LogP contribution in [0.3, 0.4) is 0 Å². The molecule has 3 rings (SSSR count). The summed E-state index contributed by atoms with van der Waals surface area (Å²) in [6.45, 7) is -0.262. The van der Waals surface area contributed by atoms with E-state index in [0.717, 1.165) is 0 Å². The predicted molar refractivity (Wildman–Crippen MR) is 77.2 cm³/mol. The van der Waals surface area contributed by atoms with Crippen LogP contribution in [0, 0.1) is 5.92 Å². The zero-order chi connectivity index (χ0) is 19.2. The van der Waals surface area contributed by atoms with E-state index in [4.69, 9.17) is 0 Å². The molecule has 2 aromatic rings. The third kappa shape index (κ3) is 3.84. The Morgan fingerprint density at radius 1 is 1.19 bits per heavy atom. The number of hydrogen-bond acceptors (Lipinski definition) is 5. The van der Waals surface area contributed by atoms with Gasteiger partial charge in [-0.15, -0.1) is 15.3 Å². The monoisotopic (exact) mass is 383 g/mol. The van der Waals surface area contributed by atoms with Crippen LogP contribution in [-0.2, 0) is 6.18 Å². The molecule has 0 aliphatic heterocycles. The number of anilines is 1. The average Bonchev–Trinajstić information content (AvgIpc) is 2.95. The summed E-state index contributed by atoms with van der Waals surface area (Å²) in [5, 5.41) is 23.1. The molecule has 2 N–H and O–H groups in total. The van der Waals surface area contributed by atoms with Crippen molar-refractivity contribution < 1.29 is 31.4 Å². The van der Waals surface area contributed by atoms with Crippen molar-refractivity contribution in [3.8, 4) is 0 Å². The van der Waals surface area contributed by atoms with E-state index >= 15 is 0 Å². The van der Waals surface area contributed by atoms with Crippen LogP contribution in [0.2, 0.25) is 0 Å². The summed E-state index contributed by atoms with van der Waals surface area (Å²) in [4.78, 5) is 0. The lowest BCUT2D eigenvalue weighted by Crippen LogP contribution is -2.45. The Bertz CT molecular complexity index is 788.